The van der Waals surface area contributed by atoms with Gasteiger partial charge in [-0.3, -0.25) is 4.79 Å². The van der Waals surface area contributed by atoms with Gasteiger partial charge >= 0.3 is 0 Å². The highest BCUT2D eigenvalue weighted by Crippen LogP contribution is 2.21. The van der Waals surface area contributed by atoms with Crippen molar-refractivity contribution in [2.45, 2.75) is 13.5 Å². The SMILES string of the molecule is Cc1c(C(=O)Nc2cccc(OCc3cn4ccccc4n3)c2)cnn1-c1ccccc1F. The molecule has 8 heteroatoms. The lowest BCUT2D eigenvalue weighted by Gasteiger charge is -2.09. The lowest BCUT2D eigenvalue weighted by atomic mass is 10.2. The molecule has 0 saturated heterocycles. The highest BCUT2D eigenvalue weighted by molar-refractivity contribution is 6.05. The number of carbonyl (C=O) groups excluding carboxylic acids is 1. The number of fused-ring (bicyclic) bond motifs is 1. The largest absolute Gasteiger partial charge is 0.487 e. The first-order valence-electron chi connectivity index (χ1n) is 10.3. The van der Waals surface area contributed by atoms with Crippen LogP contribution in [0, 0.1) is 12.7 Å². The Hall–Kier alpha value is -4.46. The van der Waals surface area contributed by atoms with E-state index in [1.807, 2.05) is 41.1 Å². The number of benzene rings is 2. The molecule has 0 saturated carbocycles. The van der Waals surface area contributed by atoms with Crippen molar-refractivity contribution in [3.63, 3.8) is 0 Å². The number of anilines is 1. The van der Waals surface area contributed by atoms with Crippen molar-refractivity contribution < 1.29 is 13.9 Å². The minimum atomic E-state index is -0.411. The molecule has 0 radical (unpaired) electrons. The van der Waals surface area contributed by atoms with Crippen molar-refractivity contribution in [3.8, 4) is 11.4 Å². The highest BCUT2D eigenvalue weighted by atomic mass is 19.1. The average molecular weight is 441 g/mol. The van der Waals surface area contributed by atoms with Crippen LogP contribution in [0.3, 0.4) is 0 Å². The van der Waals surface area contributed by atoms with Crippen LogP contribution in [-0.4, -0.2) is 25.1 Å². The summed E-state index contributed by atoms with van der Waals surface area (Å²) in [5.41, 5.74) is 3.41. The summed E-state index contributed by atoms with van der Waals surface area (Å²) >= 11 is 0. The van der Waals surface area contributed by atoms with Gasteiger partial charge in [-0.1, -0.05) is 24.3 Å². The van der Waals surface area contributed by atoms with Gasteiger partial charge in [-0.15, -0.1) is 0 Å². The quantitative estimate of drug-likeness (QED) is 0.411. The Labute approximate surface area is 189 Å². The van der Waals surface area contributed by atoms with E-state index in [1.165, 1.54) is 16.9 Å². The van der Waals surface area contributed by atoms with Gasteiger partial charge < -0.3 is 14.5 Å². The van der Waals surface area contributed by atoms with E-state index in [1.54, 1.807) is 43.3 Å². The third-order valence-corrected chi connectivity index (χ3v) is 5.23. The van der Waals surface area contributed by atoms with Crippen LogP contribution in [0.15, 0.2) is 85.3 Å². The number of hydrogen-bond donors (Lipinski definition) is 1. The molecule has 0 unspecified atom stereocenters. The molecule has 5 aromatic rings. The first kappa shape index (κ1) is 20.4. The van der Waals surface area contributed by atoms with Gasteiger partial charge in [0.05, 0.1) is 23.1 Å². The van der Waals surface area contributed by atoms with E-state index in [0.29, 0.717) is 29.3 Å². The normalized spacial score (nSPS) is 11.0. The molecule has 0 aliphatic heterocycles. The molecule has 1 amide bonds. The number of carbonyl (C=O) groups is 1. The summed E-state index contributed by atoms with van der Waals surface area (Å²) < 4.78 is 23.3. The van der Waals surface area contributed by atoms with Crippen LogP contribution >= 0.6 is 0 Å². The van der Waals surface area contributed by atoms with Gasteiger partial charge in [0.25, 0.3) is 5.91 Å². The Bertz CT molecular complexity index is 1420. The summed E-state index contributed by atoms with van der Waals surface area (Å²) in [6.07, 6.45) is 5.27. The van der Waals surface area contributed by atoms with E-state index in [9.17, 15) is 9.18 Å². The van der Waals surface area contributed by atoms with Crippen LogP contribution in [0.2, 0.25) is 0 Å². The van der Waals surface area contributed by atoms with Gasteiger partial charge in [-0.25, -0.2) is 14.1 Å². The summed E-state index contributed by atoms with van der Waals surface area (Å²) in [6, 6.07) is 19.2. The average Bonchev–Trinajstić information content (AvgIpc) is 3.41. The standard InChI is InChI=1S/C25H20FN5O2/c1-17-21(14-27-31(17)23-10-3-2-9-22(23)26)25(32)29-18-7-6-8-20(13-18)33-16-19-15-30-12-5-4-11-24(30)28-19/h2-15H,16H2,1H3,(H,29,32). The van der Waals surface area contributed by atoms with E-state index < -0.39 is 5.82 Å². The van der Waals surface area contributed by atoms with Crippen molar-refractivity contribution in [3.05, 3.63) is 108 Å². The highest BCUT2D eigenvalue weighted by Gasteiger charge is 2.17. The second-order valence-corrected chi connectivity index (χ2v) is 7.48. The summed E-state index contributed by atoms with van der Waals surface area (Å²) in [5, 5.41) is 7.04. The van der Waals surface area contributed by atoms with Gasteiger partial charge in [0, 0.05) is 24.1 Å². The molecule has 164 valence electrons. The number of imidazole rings is 1. The first-order valence-corrected chi connectivity index (χ1v) is 10.3. The molecule has 0 spiro atoms. The summed E-state index contributed by atoms with van der Waals surface area (Å²) in [6.45, 7) is 2.02. The van der Waals surface area contributed by atoms with Crippen LogP contribution in [0.1, 0.15) is 21.7 Å². The molecule has 33 heavy (non-hydrogen) atoms. The number of nitrogens with one attached hydrogen (secondary N) is 1. The zero-order valence-electron chi connectivity index (χ0n) is 17.8. The molecule has 3 aromatic heterocycles. The Kier molecular flexibility index (Phi) is 5.32. The summed E-state index contributed by atoms with van der Waals surface area (Å²) in [7, 11) is 0. The van der Waals surface area contributed by atoms with Crippen molar-refractivity contribution in [2.24, 2.45) is 0 Å². The molecule has 2 aromatic carbocycles. The molecule has 3 heterocycles. The summed E-state index contributed by atoms with van der Waals surface area (Å²) in [5.74, 6) is -0.151. The molecular weight excluding hydrogens is 421 g/mol. The van der Waals surface area contributed by atoms with E-state index in [2.05, 4.69) is 15.4 Å². The Balaban J connectivity index is 1.29. The molecule has 0 atom stereocenters. The van der Waals surface area contributed by atoms with Crippen LogP contribution in [0.5, 0.6) is 5.75 Å². The molecule has 1 N–H and O–H groups in total. The molecule has 7 nitrogen and oxygen atoms in total. The topological polar surface area (TPSA) is 73.4 Å². The van der Waals surface area contributed by atoms with Crippen molar-refractivity contribution in [1.82, 2.24) is 19.2 Å². The Morgan fingerprint density at radius 2 is 1.94 bits per heavy atom. The molecule has 0 fully saturated rings. The molecule has 0 bridgehead atoms. The van der Waals surface area contributed by atoms with Gasteiger partial charge in [0.2, 0.25) is 0 Å². The number of aromatic nitrogens is 4. The maximum absolute atomic E-state index is 14.1. The fourth-order valence-electron chi connectivity index (χ4n) is 3.57. The van der Waals surface area contributed by atoms with Crippen LogP contribution in [-0.2, 0) is 6.61 Å². The number of pyridine rings is 1. The minimum Gasteiger partial charge on any atom is -0.487 e. The maximum atomic E-state index is 14.1. The predicted molar refractivity (Wildman–Crippen MR) is 122 cm³/mol. The lowest BCUT2D eigenvalue weighted by molar-refractivity contribution is 0.102. The van der Waals surface area contributed by atoms with Crippen LogP contribution in [0.25, 0.3) is 11.3 Å². The number of ether oxygens (including phenoxy) is 1. The van der Waals surface area contributed by atoms with Gasteiger partial charge in [-0.2, -0.15) is 5.10 Å². The monoisotopic (exact) mass is 441 g/mol. The Morgan fingerprint density at radius 3 is 2.79 bits per heavy atom. The third-order valence-electron chi connectivity index (χ3n) is 5.23. The van der Waals surface area contributed by atoms with Gasteiger partial charge in [-0.05, 0) is 43.3 Å². The zero-order chi connectivity index (χ0) is 22.8. The summed E-state index contributed by atoms with van der Waals surface area (Å²) in [4.78, 5) is 17.4. The third kappa shape index (κ3) is 4.18. The van der Waals surface area contributed by atoms with Crippen molar-refractivity contribution >= 4 is 17.2 Å². The van der Waals surface area contributed by atoms with Crippen molar-refractivity contribution in [1.29, 1.82) is 0 Å². The van der Waals surface area contributed by atoms with E-state index in [0.717, 1.165) is 11.3 Å². The minimum absolute atomic E-state index is 0.288. The number of hydrogen-bond acceptors (Lipinski definition) is 4. The number of amides is 1. The van der Waals surface area contributed by atoms with E-state index in [4.69, 9.17) is 4.74 Å². The zero-order valence-corrected chi connectivity index (χ0v) is 17.8. The molecule has 0 aliphatic rings. The molecular formula is C25H20FN5O2. The first-order chi connectivity index (χ1) is 16.1. The maximum Gasteiger partial charge on any atom is 0.259 e. The second kappa shape index (κ2) is 8.58. The fourth-order valence-corrected chi connectivity index (χ4v) is 3.57. The van der Waals surface area contributed by atoms with Gasteiger partial charge in [0.1, 0.15) is 29.5 Å². The van der Waals surface area contributed by atoms with E-state index in [-0.39, 0.29) is 11.6 Å². The number of nitrogens with zero attached hydrogens (tertiary/aromatic N) is 4. The van der Waals surface area contributed by atoms with Crippen LogP contribution in [0.4, 0.5) is 10.1 Å². The van der Waals surface area contributed by atoms with Gasteiger partial charge in [0.15, 0.2) is 0 Å². The number of para-hydroxylation sites is 1. The van der Waals surface area contributed by atoms with Crippen LogP contribution < -0.4 is 10.1 Å². The molecule has 5 rings (SSSR count). The molecule has 0 aliphatic carbocycles. The smallest absolute Gasteiger partial charge is 0.259 e. The number of halogens is 1. The van der Waals surface area contributed by atoms with E-state index >= 15 is 0 Å². The second-order valence-electron chi connectivity index (χ2n) is 7.48. The lowest BCUT2D eigenvalue weighted by Crippen LogP contribution is -2.13. The number of rotatable bonds is 6. The fraction of sp³-hybridized carbons (Fsp3) is 0.0800. The predicted octanol–water partition coefficient (Wildman–Crippen LogP) is 4.80. The van der Waals surface area contributed by atoms with Crippen molar-refractivity contribution in [2.75, 3.05) is 5.32 Å². The Morgan fingerprint density at radius 1 is 1.09 bits per heavy atom.